The molecule has 0 spiro atoms. The smallest absolute Gasteiger partial charge is 0.165 e. The van der Waals surface area contributed by atoms with Crippen LogP contribution in [0.2, 0.25) is 0 Å². The SMILES string of the molecule is C1=CC2=C(CC1)C1=CC=C(c3ccc4oc5cc(-c6nc(-c7ccccc7)nc(-c7cccc8c7sc7ccccc78)n6)ccc5c4c3)CC1c1ccccc12. The summed E-state index contributed by atoms with van der Waals surface area (Å²) in [5, 5.41) is 4.66. The van der Waals surface area contributed by atoms with Gasteiger partial charge in [-0.3, -0.25) is 0 Å². The van der Waals surface area contributed by atoms with E-state index in [1.165, 1.54) is 59.2 Å². The highest BCUT2D eigenvalue weighted by Gasteiger charge is 2.32. The molecular weight excluding hydrogens is 703 g/mol. The number of hydrogen-bond acceptors (Lipinski definition) is 5. The average molecular weight is 736 g/mol. The van der Waals surface area contributed by atoms with Crippen LogP contribution in [0.5, 0.6) is 0 Å². The lowest BCUT2D eigenvalue weighted by atomic mass is 9.68. The number of thiophene rings is 1. The third-order valence-electron chi connectivity index (χ3n) is 11.8. The van der Waals surface area contributed by atoms with Crippen molar-refractivity contribution in [2.45, 2.75) is 25.2 Å². The van der Waals surface area contributed by atoms with E-state index in [1.807, 2.05) is 18.2 Å². The fourth-order valence-corrected chi connectivity index (χ4v) is 10.4. The molecule has 0 radical (unpaired) electrons. The largest absolute Gasteiger partial charge is 0.456 e. The number of allylic oxidation sites excluding steroid dienone is 8. The highest BCUT2D eigenvalue weighted by Crippen LogP contribution is 2.51. The van der Waals surface area contributed by atoms with Crippen LogP contribution in [0.1, 0.15) is 41.9 Å². The molecule has 6 aromatic carbocycles. The summed E-state index contributed by atoms with van der Waals surface area (Å²) < 4.78 is 8.98. The Morgan fingerprint density at radius 3 is 2.30 bits per heavy atom. The van der Waals surface area contributed by atoms with Gasteiger partial charge in [0, 0.05) is 53.6 Å². The van der Waals surface area contributed by atoms with E-state index in [1.54, 1.807) is 11.3 Å². The summed E-state index contributed by atoms with van der Waals surface area (Å²) in [7, 11) is 0. The molecular formula is C51H33N3OS. The molecule has 12 rings (SSSR count). The molecule has 3 aliphatic carbocycles. The lowest BCUT2D eigenvalue weighted by Crippen LogP contribution is -2.17. The van der Waals surface area contributed by atoms with E-state index in [0.29, 0.717) is 23.4 Å². The number of furan rings is 1. The normalized spacial score (nSPS) is 16.2. The third kappa shape index (κ3) is 4.94. The summed E-state index contributed by atoms with van der Waals surface area (Å²) in [6.45, 7) is 0. The van der Waals surface area contributed by atoms with Gasteiger partial charge in [-0.2, -0.15) is 0 Å². The van der Waals surface area contributed by atoms with Crippen LogP contribution >= 0.6 is 11.3 Å². The first-order chi connectivity index (χ1) is 27.7. The Labute approximate surface area is 327 Å². The van der Waals surface area contributed by atoms with Gasteiger partial charge in [0.15, 0.2) is 17.5 Å². The number of benzene rings is 6. The van der Waals surface area contributed by atoms with Crippen molar-refractivity contribution in [2.75, 3.05) is 0 Å². The molecule has 5 heteroatoms. The Kier molecular flexibility index (Phi) is 7.02. The van der Waals surface area contributed by atoms with E-state index in [4.69, 9.17) is 19.4 Å². The van der Waals surface area contributed by atoms with E-state index in [-0.39, 0.29) is 0 Å². The molecule has 1 unspecified atom stereocenters. The number of fused-ring (bicyclic) bond motifs is 11. The zero-order valence-corrected chi connectivity index (χ0v) is 31.2. The minimum Gasteiger partial charge on any atom is -0.456 e. The zero-order chi connectivity index (χ0) is 36.7. The van der Waals surface area contributed by atoms with Gasteiger partial charge in [-0.15, -0.1) is 11.3 Å². The van der Waals surface area contributed by atoms with E-state index in [0.717, 1.165) is 57.9 Å². The van der Waals surface area contributed by atoms with Crippen LogP contribution in [0.15, 0.2) is 173 Å². The first-order valence-corrected chi connectivity index (χ1v) is 20.1. The van der Waals surface area contributed by atoms with Crippen molar-refractivity contribution >= 4 is 64.6 Å². The molecule has 3 aromatic heterocycles. The molecule has 0 N–H and O–H groups in total. The zero-order valence-electron chi connectivity index (χ0n) is 30.4. The molecule has 0 bridgehead atoms. The third-order valence-corrected chi connectivity index (χ3v) is 13.0. The fraction of sp³-hybridized carbons (Fsp3) is 0.0784. The van der Waals surface area contributed by atoms with Crippen molar-refractivity contribution < 1.29 is 4.42 Å². The van der Waals surface area contributed by atoms with Crippen molar-refractivity contribution in [1.29, 1.82) is 0 Å². The lowest BCUT2D eigenvalue weighted by Gasteiger charge is -2.35. The van der Waals surface area contributed by atoms with Crippen molar-refractivity contribution in [3.8, 4) is 34.2 Å². The molecule has 9 aromatic rings. The molecule has 0 aliphatic heterocycles. The second-order valence-corrected chi connectivity index (χ2v) is 16.0. The van der Waals surface area contributed by atoms with Crippen molar-refractivity contribution in [2.24, 2.45) is 0 Å². The Bertz CT molecular complexity index is 3230. The Morgan fingerprint density at radius 2 is 1.36 bits per heavy atom. The van der Waals surface area contributed by atoms with Crippen LogP contribution in [0, 0.1) is 0 Å². The molecule has 3 aliphatic rings. The summed E-state index contributed by atoms with van der Waals surface area (Å²) in [5.74, 6) is 2.28. The van der Waals surface area contributed by atoms with Crippen molar-refractivity contribution in [1.82, 2.24) is 15.0 Å². The van der Waals surface area contributed by atoms with Crippen molar-refractivity contribution in [3.63, 3.8) is 0 Å². The van der Waals surface area contributed by atoms with Crippen LogP contribution in [0.4, 0.5) is 0 Å². The monoisotopic (exact) mass is 735 g/mol. The van der Waals surface area contributed by atoms with Crippen LogP contribution in [0.25, 0.3) is 87.4 Å². The Balaban J connectivity index is 0.952. The summed E-state index contributed by atoms with van der Waals surface area (Å²) in [6.07, 6.45) is 12.6. The Morgan fingerprint density at radius 1 is 0.571 bits per heavy atom. The highest BCUT2D eigenvalue weighted by molar-refractivity contribution is 7.26. The van der Waals surface area contributed by atoms with Gasteiger partial charge in [-0.1, -0.05) is 121 Å². The van der Waals surface area contributed by atoms with E-state index >= 15 is 0 Å². The second kappa shape index (κ2) is 12.4. The average Bonchev–Trinajstić information content (AvgIpc) is 3.84. The molecule has 4 nitrogen and oxygen atoms in total. The summed E-state index contributed by atoms with van der Waals surface area (Å²) >= 11 is 1.78. The van der Waals surface area contributed by atoms with E-state index < -0.39 is 0 Å². The highest BCUT2D eigenvalue weighted by atomic mass is 32.1. The quantitative estimate of drug-likeness (QED) is 0.181. The molecule has 0 saturated heterocycles. The van der Waals surface area contributed by atoms with Gasteiger partial charge in [-0.25, -0.2) is 15.0 Å². The maximum Gasteiger partial charge on any atom is 0.165 e. The molecule has 1 atom stereocenters. The predicted octanol–water partition coefficient (Wildman–Crippen LogP) is 13.8. The predicted molar refractivity (Wildman–Crippen MR) is 231 cm³/mol. The van der Waals surface area contributed by atoms with Crippen LogP contribution < -0.4 is 0 Å². The molecule has 264 valence electrons. The van der Waals surface area contributed by atoms with E-state index in [2.05, 4.69) is 140 Å². The van der Waals surface area contributed by atoms with Gasteiger partial charge >= 0.3 is 0 Å². The maximum atomic E-state index is 6.56. The van der Waals surface area contributed by atoms with Gasteiger partial charge in [0.1, 0.15) is 11.2 Å². The standard InChI is InChI=1S/C51H33N3OS/c1-2-11-30(12-3-1)49-52-50(54-51(53-49)42-19-10-18-41-40-17-8-9-20-47(40)56-48(41)42)33-22-25-39-44-28-32(23-26-45(44)55-46(39)29-33)31-21-24-38-36-15-5-4-13-34(36)35-14-6-7-16-37(35)43(38)27-31/h1-4,6-14,16-26,28-29,43H,5,15,27H2. The fourth-order valence-electron chi connectivity index (χ4n) is 9.15. The van der Waals surface area contributed by atoms with Gasteiger partial charge in [0.2, 0.25) is 0 Å². The number of nitrogens with zero attached hydrogens (tertiary/aromatic N) is 3. The summed E-state index contributed by atoms with van der Waals surface area (Å²) in [5.41, 5.74) is 14.4. The molecule has 0 fully saturated rings. The molecule has 3 heterocycles. The van der Waals surface area contributed by atoms with Crippen LogP contribution in [-0.4, -0.2) is 15.0 Å². The van der Waals surface area contributed by atoms with Crippen LogP contribution in [-0.2, 0) is 0 Å². The summed E-state index contributed by atoms with van der Waals surface area (Å²) in [6, 6.07) is 47.2. The van der Waals surface area contributed by atoms with Gasteiger partial charge in [0.05, 0.1) is 0 Å². The second-order valence-electron chi connectivity index (χ2n) is 15.0. The summed E-state index contributed by atoms with van der Waals surface area (Å²) in [4.78, 5) is 15.3. The molecule has 0 saturated carbocycles. The maximum absolute atomic E-state index is 6.56. The number of aromatic nitrogens is 3. The van der Waals surface area contributed by atoms with Crippen LogP contribution in [0.3, 0.4) is 0 Å². The minimum atomic E-state index is 0.368. The topological polar surface area (TPSA) is 51.8 Å². The number of hydrogen-bond donors (Lipinski definition) is 0. The Hall–Kier alpha value is -6.69. The minimum absolute atomic E-state index is 0.368. The van der Waals surface area contributed by atoms with E-state index in [9.17, 15) is 0 Å². The van der Waals surface area contributed by atoms with Gasteiger partial charge < -0.3 is 4.42 Å². The van der Waals surface area contributed by atoms with Gasteiger partial charge in [-0.05, 0) is 94.6 Å². The van der Waals surface area contributed by atoms with Crippen molar-refractivity contribution in [3.05, 3.63) is 186 Å². The lowest BCUT2D eigenvalue weighted by molar-refractivity contribution is 0.669. The van der Waals surface area contributed by atoms with Gasteiger partial charge in [0.25, 0.3) is 0 Å². The first-order valence-electron chi connectivity index (χ1n) is 19.3. The molecule has 0 amide bonds. The number of rotatable bonds is 4. The molecule has 56 heavy (non-hydrogen) atoms. The first kappa shape index (κ1) is 31.6.